The number of hydrogen-bond acceptors (Lipinski definition) is 5. The molecule has 2 aliphatic rings. The number of aromatic amines is 1. The molecule has 24 heavy (non-hydrogen) atoms. The Labute approximate surface area is 138 Å². The van der Waals surface area contributed by atoms with Gasteiger partial charge in [0.25, 0.3) is 12.4 Å². The van der Waals surface area contributed by atoms with E-state index in [1.165, 1.54) is 0 Å². The third-order valence-corrected chi connectivity index (χ3v) is 3.99. The van der Waals surface area contributed by atoms with E-state index in [0.717, 1.165) is 0 Å². The Kier molecular flexibility index (Phi) is 6.33. The number of amides is 1. The molecule has 0 saturated carbocycles. The summed E-state index contributed by atoms with van der Waals surface area (Å²) in [4.78, 5) is 38.6. The standard InChI is InChI=1S/C14H19N3O4.CH2O2/c18-13(19)7-16-4-10-5-17(11(6-16)9-21-8-10)14(20)12-2-1-3-15-12;2-1-3/h1-3,10-11,15H,4-9H2,(H,18,19);1H,(H,2,3)/t10-,11-;/m0./s1. The van der Waals surface area contributed by atoms with E-state index >= 15 is 0 Å². The number of aromatic nitrogens is 1. The van der Waals surface area contributed by atoms with Crippen molar-refractivity contribution < 1.29 is 29.3 Å². The van der Waals surface area contributed by atoms with E-state index in [9.17, 15) is 9.59 Å². The Morgan fingerprint density at radius 3 is 2.71 bits per heavy atom. The smallest absolute Gasteiger partial charge is 0.317 e. The first-order valence-electron chi connectivity index (χ1n) is 7.59. The Balaban J connectivity index is 0.000000647. The predicted octanol–water partition coefficient (Wildman–Crippen LogP) is -0.427. The zero-order valence-corrected chi connectivity index (χ0v) is 13.1. The maximum atomic E-state index is 12.6. The minimum atomic E-state index is -0.835. The lowest BCUT2D eigenvalue weighted by atomic mass is 10.1. The lowest BCUT2D eigenvalue weighted by Gasteiger charge is -2.30. The van der Waals surface area contributed by atoms with Gasteiger partial charge in [-0.1, -0.05) is 0 Å². The number of carboxylic acid groups (broad SMARTS) is 2. The van der Waals surface area contributed by atoms with Gasteiger partial charge in [-0.2, -0.15) is 0 Å². The summed E-state index contributed by atoms with van der Waals surface area (Å²) in [6.07, 6.45) is 1.73. The van der Waals surface area contributed by atoms with E-state index in [-0.39, 0.29) is 30.9 Å². The molecule has 3 N–H and O–H groups in total. The monoisotopic (exact) mass is 339 g/mol. The molecule has 0 unspecified atom stereocenters. The van der Waals surface area contributed by atoms with E-state index in [2.05, 4.69) is 4.98 Å². The highest BCUT2D eigenvalue weighted by atomic mass is 16.5. The van der Waals surface area contributed by atoms with Crippen LogP contribution in [-0.2, 0) is 14.3 Å². The van der Waals surface area contributed by atoms with Crippen LogP contribution in [0.5, 0.6) is 0 Å². The van der Waals surface area contributed by atoms with Crippen LogP contribution in [0.4, 0.5) is 0 Å². The van der Waals surface area contributed by atoms with Crippen LogP contribution in [0, 0.1) is 5.92 Å². The minimum Gasteiger partial charge on any atom is -0.483 e. The summed E-state index contributed by atoms with van der Waals surface area (Å²) < 4.78 is 5.63. The summed E-state index contributed by atoms with van der Waals surface area (Å²) in [6.45, 7) is 2.59. The number of carbonyl (C=O) groups excluding carboxylic acids is 1. The van der Waals surface area contributed by atoms with Gasteiger partial charge in [0.05, 0.1) is 25.8 Å². The number of ether oxygens (including phenoxy) is 1. The van der Waals surface area contributed by atoms with Crippen molar-refractivity contribution in [2.24, 2.45) is 5.92 Å². The molecule has 1 amide bonds. The third kappa shape index (κ3) is 4.56. The van der Waals surface area contributed by atoms with Gasteiger partial charge >= 0.3 is 5.97 Å². The van der Waals surface area contributed by atoms with Gasteiger partial charge in [0.1, 0.15) is 5.69 Å². The zero-order chi connectivity index (χ0) is 17.5. The van der Waals surface area contributed by atoms with Gasteiger partial charge in [-0.05, 0) is 12.1 Å². The fourth-order valence-electron chi connectivity index (χ4n) is 3.13. The van der Waals surface area contributed by atoms with Gasteiger partial charge in [-0.25, -0.2) is 0 Å². The van der Waals surface area contributed by atoms with Crippen molar-refractivity contribution in [3.63, 3.8) is 0 Å². The summed E-state index contributed by atoms with van der Waals surface area (Å²) in [5, 5.41) is 15.9. The van der Waals surface area contributed by atoms with Crippen molar-refractivity contribution in [3.8, 4) is 0 Å². The van der Waals surface area contributed by atoms with Gasteiger partial charge in [-0.3, -0.25) is 19.3 Å². The maximum Gasteiger partial charge on any atom is 0.317 e. The van der Waals surface area contributed by atoms with Crippen molar-refractivity contribution in [3.05, 3.63) is 24.0 Å². The first-order valence-corrected chi connectivity index (χ1v) is 7.59. The third-order valence-electron chi connectivity index (χ3n) is 3.99. The lowest BCUT2D eigenvalue weighted by molar-refractivity contribution is -0.138. The molecule has 9 nitrogen and oxygen atoms in total. The van der Waals surface area contributed by atoms with Crippen LogP contribution in [-0.4, -0.2) is 88.8 Å². The SMILES string of the molecule is O=C(O)CN1C[C@@H]2COC[C@H](C1)N(C(=O)c1ccc[nH]1)C2.O=CO. The van der Waals surface area contributed by atoms with Crippen LogP contribution in [0.3, 0.4) is 0 Å². The average molecular weight is 339 g/mol. The van der Waals surface area contributed by atoms with E-state index < -0.39 is 5.97 Å². The summed E-state index contributed by atoms with van der Waals surface area (Å²) in [6, 6.07) is 3.45. The van der Waals surface area contributed by atoms with Crippen molar-refractivity contribution >= 4 is 18.3 Å². The highest BCUT2D eigenvalue weighted by Gasteiger charge is 2.36. The number of rotatable bonds is 3. The quantitative estimate of drug-likeness (QED) is 0.639. The van der Waals surface area contributed by atoms with Crippen LogP contribution >= 0.6 is 0 Å². The summed E-state index contributed by atoms with van der Waals surface area (Å²) in [7, 11) is 0. The number of carboxylic acids is 1. The Bertz CT molecular complexity index is 562. The summed E-state index contributed by atoms with van der Waals surface area (Å²) in [5.41, 5.74) is 0.562. The van der Waals surface area contributed by atoms with Gasteiger partial charge in [0.15, 0.2) is 0 Å². The number of nitrogens with one attached hydrogen (secondary N) is 1. The largest absolute Gasteiger partial charge is 0.483 e. The molecule has 1 aromatic rings. The molecule has 3 rings (SSSR count). The average Bonchev–Trinajstić information content (AvgIpc) is 2.89. The number of nitrogens with zero attached hydrogens (tertiary/aromatic N) is 2. The van der Waals surface area contributed by atoms with Crippen LogP contribution in [0.25, 0.3) is 0 Å². The summed E-state index contributed by atoms with van der Waals surface area (Å²) in [5.74, 6) is -0.730. The second kappa shape index (κ2) is 8.46. The molecule has 2 aliphatic heterocycles. The van der Waals surface area contributed by atoms with Crippen molar-refractivity contribution in [2.45, 2.75) is 6.04 Å². The Morgan fingerprint density at radius 1 is 1.33 bits per heavy atom. The molecule has 132 valence electrons. The van der Waals surface area contributed by atoms with E-state index in [0.29, 0.717) is 38.5 Å². The molecule has 9 heteroatoms. The Morgan fingerprint density at radius 2 is 2.08 bits per heavy atom. The van der Waals surface area contributed by atoms with Gasteiger partial charge in [0, 0.05) is 31.7 Å². The first-order chi connectivity index (χ1) is 11.5. The van der Waals surface area contributed by atoms with E-state index in [4.69, 9.17) is 19.7 Å². The lowest BCUT2D eigenvalue weighted by Crippen LogP contribution is -2.47. The van der Waals surface area contributed by atoms with Gasteiger partial charge in [0.2, 0.25) is 0 Å². The fourth-order valence-corrected chi connectivity index (χ4v) is 3.13. The number of fused-ring (bicyclic) bond motifs is 3. The molecule has 0 aliphatic carbocycles. The molecule has 1 aromatic heterocycles. The topological polar surface area (TPSA) is 123 Å². The Hall–Kier alpha value is -2.39. The maximum absolute atomic E-state index is 12.6. The molecular weight excluding hydrogens is 318 g/mol. The number of aliphatic carboxylic acids is 1. The zero-order valence-electron chi connectivity index (χ0n) is 13.1. The molecule has 2 fully saturated rings. The molecule has 3 heterocycles. The fraction of sp³-hybridized carbons (Fsp3) is 0.533. The van der Waals surface area contributed by atoms with Crippen molar-refractivity contribution in [1.29, 1.82) is 0 Å². The highest BCUT2D eigenvalue weighted by molar-refractivity contribution is 5.92. The number of hydrogen-bond donors (Lipinski definition) is 3. The van der Waals surface area contributed by atoms with Crippen LogP contribution in [0.1, 0.15) is 10.5 Å². The predicted molar refractivity (Wildman–Crippen MR) is 82.7 cm³/mol. The normalized spacial score (nSPS) is 23.6. The van der Waals surface area contributed by atoms with Crippen molar-refractivity contribution in [2.75, 3.05) is 39.4 Å². The van der Waals surface area contributed by atoms with Crippen LogP contribution < -0.4 is 0 Å². The van der Waals surface area contributed by atoms with E-state index in [1.54, 1.807) is 18.3 Å². The molecular formula is C15H21N3O6. The van der Waals surface area contributed by atoms with Crippen LogP contribution in [0.15, 0.2) is 18.3 Å². The molecule has 0 spiro atoms. The highest BCUT2D eigenvalue weighted by Crippen LogP contribution is 2.21. The number of carbonyl (C=O) groups is 3. The molecule has 2 bridgehead atoms. The second-order valence-corrected chi connectivity index (χ2v) is 5.79. The van der Waals surface area contributed by atoms with Gasteiger partial charge in [-0.15, -0.1) is 0 Å². The molecule has 0 radical (unpaired) electrons. The second-order valence-electron chi connectivity index (χ2n) is 5.79. The van der Waals surface area contributed by atoms with Gasteiger partial charge < -0.3 is 24.8 Å². The summed E-state index contributed by atoms with van der Waals surface area (Å²) >= 11 is 0. The first kappa shape index (κ1) is 18.0. The van der Waals surface area contributed by atoms with E-state index in [1.807, 2.05) is 9.80 Å². The van der Waals surface area contributed by atoms with Crippen LogP contribution in [0.2, 0.25) is 0 Å². The molecule has 0 aromatic carbocycles. The van der Waals surface area contributed by atoms with Crippen molar-refractivity contribution in [1.82, 2.24) is 14.8 Å². The number of H-pyrrole nitrogens is 1. The molecule has 2 atom stereocenters. The minimum absolute atomic E-state index is 0.0114. The molecule has 2 saturated heterocycles.